The Labute approximate surface area is 76.9 Å². The zero-order chi connectivity index (χ0) is 9.68. The summed E-state index contributed by atoms with van der Waals surface area (Å²) in [6.45, 7) is 0. The lowest BCUT2D eigenvalue weighted by Gasteiger charge is -2.11. The van der Waals surface area contributed by atoms with Crippen LogP contribution in [0, 0.1) is 0 Å². The van der Waals surface area contributed by atoms with Crippen molar-refractivity contribution in [2.24, 2.45) is 0 Å². The normalized spacial score (nSPS) is 14.2. The van der Waals surface area contributed by atoms with Crippen molar-refractivity contribution in [3.63, 3.8) is 0 Å². The van der Waals surface area contributed by atoms with Gasteiger partial charge in [0.05, 0.1) is 0 Å². The summed E-state index contributed by atoms with van der Waals surface area (Å²) in [5, 5.41) is 0.659. The summed E-state index contributed by atoms with van der Waals surface area (Å²) >= 11 is 0. The lowest BCUT2D eigenvalue weighted by Crippen LogP contribution is -2.00. The summed E-state index contributed by atoms with van der Waals surface area (Å²) in [5.74, 6) is 0. The van der Waals surface area contributed by atoms with Crippen LogP contribution in [-0.4, -0.2) is 7.11 Å². The Morgan fingerprint density at radius 3 is 2.46 bits per heavy atom. The van der Waals surface area contributed by atoms with Gasteiger partial charge in [0.2, 0.25) is 0 Å². The first-order chi connectivity index (χ1) is 6.29. The Morgan fingerprint density at radius 1 is 1.38 bits per heavy atom. The Morgan fingerprint density at radius 2 is 2.00 bits per heavy atom. The van der Waals surface area contributed by atoms with Gasteiger partial charge in [-0.25, -0.2) is 8.78 Å². The van der Waals surface area contributed by atoms with E-state index in [4.69, 9.17) is 4.52 Å². The second-order valence-electron chi connectivity index (χ2n) is 2.24. The van der Waals surface area contributed by atoms with E-state index in [0.717, 1.165) is 0 Å². The van der Waals surface area contributed by atoms with Gasteiger partial charge >= 0.3 is 0 Å². The van der Waals surface area contributed by atoms with Gasteiger partial charge < -0.3 is 4.52 Å². The quantitative estimate of drug-likeness (QED) is 0.684. The predicted octanol–water partition coefficient (Wildman–Crippen LogP) is 3.09. The van der Waals surface area contributed by atoms with E-state index in [9.17, 15) is 8.78 Å². The van der Waals surface area contributed by atoms with E-state index >= 15 is 0 Å². The molecule has 1 aromatic rings. The van der Waals surface area contributed by atoms with Crippen LogP contribution in [0.15, 0.2) is 42.2 Å². The third-order valence-electron chi connectivity index (χ3n) is 1.46. The maximum atomic E-state index is 12.9. The van der Waals surface area contributed by atoms with Crippen LogP contribution in [-0.2, 0) is 4.52 Å². The first kappa shape index (κ1) is 10.3. The minimum atomic E-state index is -1.60. The zero-order valence-electron chi connectivity index (χ0n) is 7.08. The van der Waals surface area contributed by atoms with E-state index in [1.807, 2.05) is 6.07 Å². The molecule has 1 aromatic carbocycles. The SMILES string of the molecule is COP(/C(F)=C/F)c1ccccc1. The average molecular weight is 202 g/mol. The van der Waals surface area contributed by atoms with Crippen LogP contribution in [0.4, 0.5) is 8.78 Å². The smallest absolute Gasteiger partial charge is 0.182 e. The monoisotopic (exact) mass is 202 g/mol. The molecule has 0 N–H and O–H groups in total. The van der Waals surface area contributed by atoms with Crippen molar-refractivity contribution < 1.29 is 13.3 Å². The highest BCUT2D eigenvalue weighted by atomic mass is 31.1. The second-order valence-corrected chi connectivity index (χ2v) is 4.14. The highest BCUT2D eigenvalue weighted by Crippen LogP contribution is 2.44. The molecule has 1 atom stereocenters. The van der Waals surface area contributed by atoms with Gasteiger partial charge in [0.1, 0.15) is 14.5 Å². The molecule has 0 radical (unpaired) electrons. The lowest BCUT2D eigenvalue weighted by atomic mass is 10.4. The van der Waals surface area contributed by atoms with E-state index < -0.39 is 13.7 Å². The highest BCUT2D eigenvalue weighted by Gasteiger charge is 2.15. The van der Waals surface area contributed by atoms with E-state index in [1.165, 1.54) is 7.11 Å². The second kappa shape index (κ2) is 5.05. The summed E-state index contributed by atoms with van der Waals surface area (Å²) in [6.07, 6.45) is -0.0534. The Hall–Kier alpha value is -0.790. The number of hydrogen-bond donors (Lipinski definition) is 0. The maximum absolute atomic E-state index is 12.9. The van der Waals surface area contributed by atoms with Gasteiger partial charge in [-0.05, 0) is 0 Å². The minimum absolute atomic E-state index is 0.0534. The van der Waals surface area contributed by atoms with Gasteiger partial charge in [0, 0.05) is 12.4 Å². The summed E-state index contributed by atoms with van der Waals surface area (Å²) in [6, 6.07) is 8.74. The first-order valence-electron chi connectivity index (χ1n) is 3.64. The van der Waals surface area contributed by atoms with Crippen molar-refractivity contribution >= 4 is 13.5 Å². The fourth-order valence-corrected chi connectivity index (χ4v) is 2.09. The van der Waals surface area contributed by atoms with Gasteiger partial charge in [-0.1, -0.05) is 30.3 Å². The van der Waals surface area contributed by atoms with Gasteiger partial charge in [-0.15, -0.1) is 0 Å². The van der Waals surface area contributed by atoms with E-state index in [1.54, 1.807) is 24.3 Å². The van der Waals surface area contributed by atoms with Crippen LogP contribution in [0.25, 0.3) is 0 Å². The number of benzene rings is 1. The van der Waals surface area contributed by atoms with Crippen LogP contribution in [0.2, 0.25) is 0 Å². The minimum Gasteiger partial charge on any atom is -0.351 e. The van der Waals surface area contributed by atoms with Crippen LogP contribution >= 0.6 is 8.15 Å². The van der Waals surface area contributed by atoms with Crippen molar-refractivity contribution in [2.45, 2.75) is 0 Å². The van der Waals surface area contributed by atoms with Gasteiger partial charge in [0.25, 0.3) is 0 Å². The Balaban J connectivity index is 2.91. The highest BCUT2D eigenvalue weighted by molar-refractivity contribution is 7.64. The molecule has 0 fully saturated rings. The molecule has 0 aromatic heterocycles. The van der Waals surface area contributed by atoms with E-state index in [0.29, 0.717) is 5.30 Å². The number of halogens is 2. The van der Waals surface area contributed by atoms with Crippen LogP contribution in [0.1, 0.15) is 0 Å². The van der Waals surface area contributed by atoms with Crippen molar-refractivity contribution in [3.8, 4) is 0 Å². The topological polar surface area (TPSA) is 9.23 Å². The standard InChI is InChI=1S/C9H9F2OP/c1-12-13(9(11)7-10)8-5-3-2-4-6-8/h2-7H,1H3/b9-7+. The molecular weight excluding hydrogens is 193 g/mol. The first-order valence-corrected chi connectivity index (χ1v) is 4.90. The van der Waals surface area contributed by atoms with Gasteiger partial charge in [-0.3, -0.25) is 0 Å². The molecule has 13 heavy (non-hydrogen) atoms. The van der Waals surface area contributed by atoms with E-state index in [-0.39, 0.29) is 6.33 Å². The van der Waals surface area contributed by atoms with Crippen LogP contribution < -0.4 is 5.30 Å². The molecule has 0 amide bonds. The third kappa shape index (κ3) is 2.58. The van der Waals surface area contributed by atoms with Gasteiger partial charge in [-0.2, -0.15) is 0 Å². The van der Waals surface area contributed by atoms with Crippen molar-refractivity contribution in [1.29, 1.82) is 0 Å². The fraction of sp³-hybridized carbons (Fsp3) is 0.111. The number of rotatable bonds is 3. The molecule has 1 nitrogen and oxygen atoms in total. The van der Waals surface area contributed by atoms with Gasteiger partial charge in [0.15, 0.2) is 5.57 Å². The molecule has 0 saturated carbocycles. The van der Waals surface area contributed by atoms with Crippen LogP contribution in [0.5, 0.6) is 0 Å². The third-order valence-corrected chi connectivity index (χ3v) is 3.08. The summed E-state index contributed by atoms with van der Waals surface area (Å²) in [4.78, 5) is 0. The van der Waals surface area contributed by atoms with Crippen molar-refractivity contribution in [2.75, 3.05) is 7.11 Å². The molecule has 0 saturated heterocycles. The molecule has 0 aliphatic heterocycles. The summed E-state index contributed by atoms with van der Waals surface area (Å²) in [5.41, 5.74) is -0.858. The zero-order valence-corrected chi connectivity index (χ0v) is 7.97. The molecule has 0 aliphatic carbocycles. The van der Waals surface area contributed by atoms with E-state index in [2.05, 4.69) is 0 Å². The number of hydrogen-bond acceptors (Lipinski definition) is 1. The average Bonchev–Trinajstić information content (AvgIpc) is 2.20. The predicted molar refractivity (Wildman–Crippen MR) is 50.3 cm³/mol. The molecule has 0 bridgehead atoms. The van der Waals surface area contributed by atoms with Crippen molar-refractivity contribution in [1.82, 2.24) is 0 Å². The Kier molecular flexibility index (Phi) is 4.00. The summed E-state index contributed by atoms with van der Waals surface area (Å²) in [7, 11) is -0.233. The molecule has 0 heterocycles. The van der Waals surface area contributed by atoms with Crippen molar-refractivity contribution in [3.05, 3.63) is 42.2 Å². The molecule has 1 rings (SSSR count). The molecule has 0 spiro atoms. The van der Waals surface area contributed by atoms with Crippen LogP contribution in [0.3, 0.4) is 0 Å². The molecule has 1 unspecified atom stereocenters. The fourth-order valence-electron chi connectivity index (χ4n) is 0.924. The summed E-state index contributed by atoms with van der Waals surface area (Å²) < 4.78 is 29.7. The Bertz CT molecular complexity index is 287. The molecule has 0 aliphatic rings. The largest absolute Gasteiger partial charge is 0.351 e. The molecular formula is C9H9F2OP. The molecule has 70 valence electrons. The lowest BCUT2D eigenvalue weighted by molar-refractivity contribution is 0.460. The maximum Gasteiger partial charge on any atom is 0.182 e. The molecule has 4 heteroatoms.